The first kappa shape index (κ1) is 15.5. The number of thiophene rings is 1. The molecule has 2 rings (SSSR count). The first-order valence-corrected chi connectivity index (χ1v) is 9.09. The molecular weight excluding hydrogens is 360 g/mol. The Bertz CT molecular complexity index is 711. The lowest BCUT2D eigenvalue weighted by atomic mass is 10.2. The topological polar surface area (TPSA) is 58.2 Å². The van der Waals surface area contributed by atoms with Crippen molar-refractivity contribution in [3.05, 3.63) is 44.6 Å². The van der Waals surface area contributed by atoms with Gasteiger partial charge in [0.05, 0.1) is 4.90 Å². The van der Waals surface area contributed by atoms with Crippen LogP contribution in [0.5, 0.6) is 0 Å². The standard InChI is InChI=1S/C13H15BrN2O2S2/c1-9-3-4-12(20(17,18)15-2)6-13(9)16-7-11-5-10(14)8-19-11/h3-6,8,15-16H,7H2,1-2H3. The van der Waals surface area contributed by atoms with E-state index in [0.29, 0.717) is 6.54 Å². The number of hydrogen-bond donors (Lipinski definition) is 2. The summed E-state index contributed by atoms with van der Waals surface area (Å²) in [6.07, 6.45) is 0. The Balaban J connectivity index is 2.21. The molecule has 0 fully saturated rings. The van der Waals surface area contributed by atoms with Gasteiger partial charge in [-0.05, 0) is 53.7 Å². The van der Waals surface area contributed by atoms with E-state index in [1.165, 1.54) is 11.9 Å². The number of aryl methyl sites for hydroxylation is 1. The van der Waals surface area contributed by atoms with E-state index in [9.17, 15) is 8.42 Å². The molecule has 0 aliphatic rings. The fourth-order valence-corrected chi connectivity index (χ4v) is 3.85. The van der Waals surface area contributed by atoms with Crippen LogP contribution >= 0.6 is 27.3 Å². The van der Waals surface area contributed by atoms with Crippen molar-refractivity contribution in [2.75, 3.05) is 12.4 Å². The van der Waals surface area contributed by atoms with E-state index in [2.05, 4.69) is 26.0 Å². The van der Waals surface area contributed by atoms with Crippen LogP contribution in [-0.4, -0.2) is 15.5 Å². The van der Waals surface area contributed by atoms with Crippen LogP contribution in [0.4, 0.5) is 5.69 Å². The lowest BCUT2D eigenvalue weighted by molar-refractivity contribution is 0.588. The Hall–Kier alpha value is -0.890. The van der Waals surface area contributed by atoms with Gasteiger partial charge in [-0.25, -0.2) is 13.1 Å². The Labute approximate surface area is 131 Å². The second-order valence-corrected chi connectivity index (χ2v) is 8.07. The highest BCUT2D eigenvalue weighted by molar-refractivity contribution is 9.10. The van der Waals surface area contributed by atoms with Gasteiger partial charge in [-0.3, -0.25) is 0 Å². The molecule has 0 unspecified atom stereocenters. The van der Waals surface area contributed by atoms with Crippen molar-refractivity contribution in [2.45, 2.75) is 18.4 Å². The van der Waals surface area contributed by atoms with Gasteiger partial charge in [-0.2, -0.15) is 0 Å². The third kappa shape index (κ3) is 3.60. The number of benzene rings is 1. The van der Waals surface area contributed by atoms with Gasteiger partial charge in [0, 0.05) is 27.0 Å². The normalized spacial score (nSPS) is 11.6. The summed E-state index contributed by atoms with van der Waals surface area (Å²) in [6, 6.07) is 7.11. The van der Waals surface area contributed by atoms with Gasteiger partial charge in [0.1, 0.15) is 0 Å². The summed E-state index contributed by atoms with van der Waals surface area (Å²) in [5, 5.41) is 5.30. The maximum atomic E-state index is 11.8. The zero-order chi connectivity index (χ0) is 14.8. The highest BCUT2D eigenvalue weighted by atomic mass is 79.9. The average molecular weight is 375 g/mol. The van der Waals surface area contributed by atoms with Crippen molar-refractivity contribution in [2.24, 2.45) is 0 Å². The van der Waals surface area contributed by atoms with Crippen molar-refractivity contribution in [1.82, 2.24) is 4.72 Å². The van der Waals surface area contributed by atoms with Gasteiger partial charge in [-0.1, -0.05) is 6.07 Å². The van der Waals surface area contributed by atoms with E-state index in [-0.39, 0.29) is 4.90 Å². The van der Waals surface area contributed by atoms with Crippen LogP contribution in [0.15, 0.2) is 39.0 Å². The summed E-state index contributed by atoms with van der Waals surface area (Å²) in [4.78, 5) is 1.44. The number of sulfonamides is 1. The first-order valence-electron chi connectivity index (χ1n) is 5.93. The van der Waals surface area contributed by atoms with Crippen LogP contribution in [0.25, 0.3) is 0 Å². The smallest absolute Gasteiger partial charge is 0.240 e. The minimum atomic E-state index is -3.41. The van der Waals surface area contributed by atoms with Gasteiger partial charge in [0.25, 0.3) is 0 Å². The number of halogens is 1. The molecule has 1 aromatic heterocycles. The molecule has 1 aromatic carbocycles. The fourth-order valence-electron chi connectivity index (χ4n) is 1.71. The minimum absolute atomic E-state index is 0.264. The molecule has 0 aliphatic carbocycles. The summed E-state index contributed by atoms with van der Waals surface area (Å²) >= 11 is 5.06. The zero-order valence-electron chi connectivity index (χ0n) is 11.1. The van der Waals surface area contributed by atoms with Gasteiger partial charge >= 0.3 is 0 Å². The second kappa shape index (κ2) is 6.26. The first-order chi connectivity index (χ1) is 9.42. The molecule has 0 saturated heterocycles. The number of hydrogen-bond acceptors (Lipinski definition) is 4. The molecule has 2 N–H and O–H groups in total. The molecule has 2 aromatic rings. The lowest BCUT2D eigenvalue weighted by Gasteiger charge is -2.11. The molecule has 0 spiro atoms. The highest BCUT2D eigenvalue weighted by Crippen LogP contribution is 2.23. The van der Waals surface area contributed by atoms with Crippen LogP contribution in [0.2, 0.25) is 0 Å². The number of nitrogens with one attached hydrogen (secondary N) is 2. The van der Waals surface area contributed by atoms with E-state index >= 15 is 0 Å². The predicted molar refractivity (Wildman–Crippen MR) is 86.8 cm³/mol. The van der Waals surface area contributed by atoms with Crippen LogP contribution in [-0.2, 0) is 16.6 Å². The van der Waals surface area contributed by atoms with Crippen LogP contribution in [0.1, 0.15) is 10.4 Å². The second-order valence-electron chi connectivity index (χ2n) is 4.27. The van der Waals surface area contributed by atoms with Crippen LogP contribution in [0.3, 0.4) is 0 Å². The van der Waals surface area contributed by atoms with Gasteiger partial charge in [-0.15, -0.1) is 11.3 Å². The molecule has 0 aliphatic heterocycles. The highest BCUT2D eigenvalue weighted by Gasteiger charge is 2.12. The van der Waals surface area contributed by atoms with Crippen LogP contribution in [0, 0.1) is 6.92 Å². The molecule has 0 radical (unpaired) electrons. The maximum Gasteiger partial charge on any atom is 0.240 e. The third-order valence-corrected chi connectivity index (χ3v) is 5.97. The van der Waals surface area contributed by atoms with Crippen LogP contribution < -0.4 is 10.0 Å². The maximum absolute atomic E-state index is 11.8. The zero-order valence-corrected chi connectivity index (χ0v) is 14.3. The summed E-state index contributed by atoms with van der Waals surface area (Å²) < 4.78 is 27.0. The molecule has 1 heterocycles. The summed E-state index contributed by atoms with van der Waals surface area (Å²) in [6.45, 7) is 2.61. The lowest BCUT2D eigenvalue weighted by Crippen LogP contribution is -2.18. The number of anilines is 1. The summed E-state index contributed by atoms with van der Waals surface area (Å²) in [5.41, 5.74) is 1.83. The van der Waals surface area contributed by atoms with Gasteiger partial charge in [0.15, 0.2) is 0 Å². The molecule has 0 amide bonds. The van der Waals surface area contributed by atoms with E-state index < -0.39 is 10.0 Å². The van der Waals surface area contributed by atoms with E-state index in [4.69, 9.17) is 0 Å². The molecule has 108 valence electrons. The Morgan fingerprint density at radius 1 is 1.30 bits per heavy atom. The monoisotopic (exact) mass is 374 g/mol. The molecule has 0 bridgehead atoms. The average Bonchev–Trinajstić information content (AvgIpc) is 2.83. The predicted octanol–water partition coefficient (Wildman–Crippen LogP) is 3.34. The molecular formula is C13H15BrN2O2S2. The van der Waals surface area contributed by atoms with E-state index in [1.807, 2.05) is 18.4 Å². The van der Waals surface area contributed by atoms with E-state index in [0.717, 1.165) is 15.7 Å². The third-order valence-electron chi connectivity index (χ3n) is 2.86. The SMILES string of the molecule is CNS(=O)(=O)c1ccc(C)c(NCc2cc(Br)cs2)c1. The Kier molecular flexibility index (Phi) is 4.85. The van der Waals surface area contributed by atoms with Crippen molar-refractivity contribution in [1.29, 1.82) is 0 Å². The molecule has 7 heteroatoms. The Morgan fingerprint density at radius 2 is 2.05 bits per heavy atom. The largest absolute Gasteiger partial charge is 0.380 e. The van der Waals surface area contributed by atoms with Crippen molar-refractivity contribution in [3.63, 3.8) is 0 Å². The van der Waals surface area contributed by atoms with Crippen molar-refractivity contribution < 1.29 is 8.42 Å². The van der Waals surface area contributed by atoms with Crippen molar-refractivity contribution in [3.8, 4) is 0 Å². The van der Waals surface area contributed by atoms with Crippen molar-refractivity contribution >= 4 is 43.0 Å². The molecule has 0 saturated carbocycles. The summed E-state index contributed by atoms with van der Waals surface area (Å²) in [7, 11) is -2.00. The molecule has 0 atom stereocenters. The van der Waals surface area contributed by atoms with Gasteiger partial charge in [0.2, 0.25) is 10.0 Å². The fraction of sp³-hybridized carbons (Fsp3) is 0.231. The number of rotatable bonds is 5. The molecule has 20 heavy (non-hydrogen) atoms. The van der Waals surface area contributed by atoms with E-state index in [1.54, 1.807) is 29.5 Å². The van der Waals surface area contributed by atoms with Gasteiger partial charge < -0.3 is 5.32 Å². The quantitative estimate of drug-likeness (QED) is 0.843. The molecule has 4 nitrogen and oxygen atoms in total. The summed E-state index contributed by atoms with van der Waals surface area (Å²) in [5.74, 6) is 0. The Morgan fingerprint density at radius 3 is 2.65 bits per heavy atom. The minimum Gasteiger partial charge on any atom is -0.380 e.